The number of rotatable bonds is 4. The number of nitrogens with zero attached hydrogens (tertiary/aromatic N) is 1. The van der Waals surface area contributed by atoms with E-state index in [1.807, 2.05) is 58.0 Å². The number of aliphatic hydroxyl groups is 1. The summed E-state index contributed by atoms with van der Waals surface area (Å²) < 4.78 is 11.9. The Labute approximate surface area is 131 Å². The lowest BCUT2D eigenvalue weighted by molar-refractivity contribution is 0.00578. The van der Waals surface area contributed by atoms with Crippen LogP contribution >= 0.6 is 0 Å². The van der Waals surface area contributed by atoms with Gasteiger partial charge in [0, 0.05) is 0 Å². The lowest BCUT2D eigenvalue weighted by atomic mass is 9.77. The van der Waals surface area contributed by atoms with Crippen LogP contribution in [0.4, 0.5) is 0 Å². The third-order valence-electron chi connectivity index (χ3n) is 4.21. The molecule has 22 heavy (non-hydrogen) atoms. The highest BCUT2D eigenvalue weighted by atomic mass is 16.7. The standard InChI is InChI=1S/C16H22BNO4/c1-15(2)16(3,4)22-17(21-15)14(11-19)9-12-6-5-7-13(8-12)10-18-20/h5-10,19-20H,11H2,1-4H3. The van der Waals surface area contributed by atoms with Gasteiger partial charge in [0.15, 0.2) is 0 Å². The summed E-state index contributed by atoms with van der Waals surface area (Å²) in [5.74, 6) is 0. The van der Waals surface area contributed by atoms with Gasteiger partial charge in [0.05, 0.1) is 24.0 Å². The minimum atomic E-state index is -0.579. The maximum atomic E-state index is 9.67. The lowest BCUT2D eigenvalue weighted by Crippen LogP contribution is -2.41. The summed E-state index contributed by atoms with van der Waals surface area (Å²) in [6.07, 6.45) is 3.18. The molecule has 1 aromatic rings. The van der Waals surface area contributed by atoms with Gasteiger partial charge in [0.2, 0.25) is 0 Å². The highest BCUT2D eigenvalue weighted by Gasteiger charge is 2.52. The number of hydrogen-bond acceptors (Lipinski definition) is 5. The van der Waals surface area contributed by atoms with Gasteiger partial charge in [0.25, 0.3) is 0 Å². The first-order valence-electron chi connectivity index (χ1n) is 7.23. The van der Waals surface area contributed by atoms with Crippen molar-refractivity contribution in [3.63, 3.8) is 0 Å². The van der Waals surface area contributed by atoms with E-state index in [1.165, 1.54) is 6.21 Å². The van der Waals surface area contributed by atoms with E-state index in [2.05, 4.69) is 5.16 Å². The molecule has 0 bridgehead atoms. The van der Waals surface area contributed by atoms with Crippen LogP contribution < -0.4 is 0 Å². The van der Waals surface area contributed by atoms with E-state index in [-0.39, 0.29) is 6.61 Å². The third-order valence-corrected chi connectivity index (χ3v) is 4.21. The van der Waals surface area contributed by atoms with Gasteiger partial charge >= 0.3 is 7.12 Å². The average Bonchev–Trinajstić information content (AvgIpc) is 2.65. The quantitative estimate of drug-likeness (QED) is 0.388. The minimum absolute atomic E-state index is 0.158. The van der Waals surface area contributed by atoms with Crippen LogP contribution in [0.5, 0.6) is 0 Å². The SMILES string of the molecule is CC1(C)OB(C(=Cc2cccc(C=NO)c2)CO)OC1(C)C. The number of benzene rings is 1. The smallest absolute Gasteiger partial charge is 0.411 e. The van der Waals surface area contributed by atoms with Crippen LogP contribution in [0.15, 0.2) is 34.9 Å². The normalized spacial score (nSPS) is 20.8. The number of hydrogen-bond donors (Lipinski definition) is 2. The lowest BCUT2D eigenvalue weighted by Gasteiger charge is -2.32. The average molecular weight is 303 g/mol. The summed E-state index contributed by atoms with van der Waals surface area (Å²) in [4.78, 5) is 0. The zero-order valence-electron chi connectivity index (χ0n) is 13.4. The van der Waals surface area contributed by atoms with Crippen LogP contribution in [-0.4, -0.2) is 41.5 Å². The molecule has 1 saturated heterocycles. The molecular weight excluding hydrogens is 281 g/mol. The molecule has 0 atom stereocenters. The summed E-state index contributed by atoms with van der Waals surface area (Å²) in [6, 6.07) is 7.42. The topological polar surface area (TPSA) is 71.3 Å². The van der Waals surface area contributed by atoms with E-state index in [0.29, 0.717) is 5.47 Å². The second kappa shape index (κ2) is 6.24. The van der Waals surface area contributed by atoms with E-state index in [9.17, 15) is 5.11 Å². The maximum Gasteiger partial charge on any atom is 0.492 e. The first kappa shape index (κ1) is 16.7. The van der Waals surface area contributed by atoms with E-state index >= 15 is 0 Å². The molecule has 1 aromatic carbocycles. The summed E-state index contributed by atoms with van der Waals surface area (Å²) in [7, 11) is -0.579. The van der Waals surface area contributed by atoms with Gasteiger partial charge in [-0.3, -0.25) is 0 Å². The van der Waals surface area contributed by atoms with E-state index < -0.39 is 18.3 Å². The molecule has 0 aromatic heterocycles. The van der Waals surface area contributed by atoms with Crippen molar-refractivity contribution in [1.29, 1.82) is 0 Å². The Morgan fingerprint density at radius 1 is 1.18 bits per heavy atom. The molecule has 0 unspecified atom stereocenters. The molecule has 0 spiro atoms. The molecule has 0 saturated carbocycles. The van der Waals surface area contributed by atoms with Crippen molar-refractivity contribution in [1.82, 2.24) is 0 Å². The molecule has 6 heteroatoms. The predicted octanol–water partition coefficient (Wildman–Crippen LogP) is 2.50. The van der Waals surface area contributed by atoms with Crippen molar-refractivity contribution < 1.29 is 19.6 Å². The number of oxime groups is 1. The molecule has 0 amide bonds. The van der Waals surface area contributed by atoms with Crippen molar-refractivity contribution in [3.8, 4) is 0 Å². The van der Waals surface area contributed by atoms with Crippen LogP contribution in [0.25, 0.3) is 6.08 Å². The van der Waals surface area contributed by atoms with E-state index in [1.54, 1.807) is 0 Å². The van der Waals surface area contributed by atoms with Crippen LogP contribution in [-0.2, 0) is 9.31 Å². The van der Waals surface area contributed by atoms with Gasteiger partial charge in [0.1, 0.15) is 0 Å². The zero-order chi connectivity index (χ0) is 16.4. The molecule has 1 fully saturated rings. The van der Waals surface area contributed by atoms with Crippen molar-refractivity contribution in [2.45, 2.75) is 38.9 Å². The highest BCUT2D eigenvalue weighted by molar-refractivity contribution is 6.55. The fourth-order valence-electron chi connectivity index (χ4n) is 2.19. The second-order valence-electron chi connectivity index (χ2n) is 6.38. The molecule has 5 nitrogen and oxygen atoms in total. The Balaban J connectivity index is 2.27. The monoisotopic (exact) mass is 303 g/mol. The second-order valence-corrected chi connectivity index (χ2v) is 6.38. The Morgan fingerprint density at radius 3 is 2.32 bits per heavy atom. The maximum absolute atomic E-state index is 9.67. The molecule has 2 N–H and O–H groups in total. The first-order valence-corrected chi connectivity index (χ1v) is 7.23. The van der Waals surface area contributed by atoms with Crippen molar-refractivity contribution >= 4 is 19.4 Å². The summed E-state index contributed by atoms with van der Waals surface area (Å²) in [5, 5.41) is 21.3. The Morgan fingerprint density at radius 2 is 1.77 bits per heavy atom. The Bertz CT molecular complexity index is 580. The molecular formula is C16H22BNO4. The van der Waals surface area contributed by atoms with Gasteiger partial charge in [-0.2, -0.15) is 0 Å². The molecule has 0 aliphatic carbocycles. The first-order chi connectivity index (χ1) is 10.3. The van der Waals surface area contributed by atoms with Crippen LogP contribution in [0.2, 0.25) is 0 Å². The summed E-state index contributed by atoms with van der Waals surface area (Å²) in [6.45, 7) is 7.73. The molecule has 0 radical (unpaired) electrons. The van der Waals surface area contributed by atoms with Gasteiger partial charge in [-0.05, 0) is 50.4 Å². The Hall–Kier alpha value is -1.63. The highest BCUT2D eigenvalue weighted by Crippen LogP contribution is 2.38. The van der Waals surface area contributed by atoms with Gasteiger partial charge in [-0.25, -0.2) is 0 Å². The van der Waals surface area contributed by atoms with E-state index in [0.717, 1.165) is 11.1 Å². The molecule has 1 heterocycles. The van der Waals surface area contributed by atoms with Crippen LogP contribution in [0.1, 0.15) is 38.8 Å². The molecule has 2 rings (SSSR count). The molecule has 1 aliphatic heterocycles. The van der Waals surface area contributed by atoms with Gasteiger partial charge in [-0.15, -0.1) is 0 Å². The molecule has 1 aliphatic rings. The zero-order valence-corrected chi connectivity index (χ0v) is 13.4. The van der Waals surface area contributed by atoms with Crippen molar-refractivity contribution in [3.05, 3.63) is 40.9 Å². The summed E-state index contributed by atoms with van der Waals surface area (Å²) in [5.41, 5.74) is 1.39. The fourth-order valence-corrected chi connectivity index (χ4v) is 2.19. The molecule has 118 valence electrons. The number of aliphatic hydroxyl groups excluding tert-OH is 1. The predicted molar refractivity (Wildman–Crippen MR) is 87.0 cm³/mol. The van der Waals surface area contributed by atoms with Crippen LogP contribution in [0, 0.1) is 0 Å². The van der Waals surface area contributed by atoms with Gasteiger partial charge in [-0.1, -0.05) is 29.4 Å². The largest absolute Gasteiger partial charge is 0.492 e. The van der Waals surface area contributed by atoms with Gasteiger partial charge < -0.3 is 19.6 Å². The van der Waals surface area contributed by atoms with Crippen molar-refractivity contribution in [2.24, 2.45) is 5.16 Å². The van der Waals surface area contributed by atoms with Crippen LogP contribution in [0.3, 0.4) is 0 Å². The van der Waals surface area contributed by atoms with E-state index in [4.69, 9.17) is 14.5 Å². The fraction of sp³-hybridized carbons (Fsp3) is 0.438. The third kappa shape index (κ3) is 3.40. The Kier molecular flexibility index (Phi) is 4.75. The minimum Gasteiger partial charge on any atom is -0.411 e. The summed E-state index contributed by atoms with van der Waals surface area (Å²) >= 11 is 0. The van der Waals surface area contributed by atoms with Crippen molar-refractivity contribution in [2.75, 3.05) is 6.61 Å².